The van der Waals surface area contributed by atoms with Crippen LogP contribution in [-0.2, 0) is 0 Å². The molecule has 1 heterocycles. The molecule has 1 aromatic heterocycles. The zero-order valence-electron chi connectivity index (χ0n) is 8.20. The van der Waals surface area contributed by atoms with Crippen molar-refractivity contribution < 1.29 is 0 Å². The molecular weight excluding hydrogens is 182 g/mol. The zero-order valence-corrected chi connectivity index (χ0v) is 8.20. The first-order valence-corrected chi connectivity index (χ1v) is 4.94. The summed E-state index contributed by atoms with van der Waals surface area (Å²) in [7, 11) is 0. The fourth-order valence-corrected chi connectivity index (χ4v) is 2.03. The van der Waals surface area contributed by atoms with Crippen LogP contribution in [0, 0.1) is 6.58 Å². The second kappa shape index (κ2) is 2.99. The fraction of sp³-hybridized carbons (Fsp3) is 0. The molecule has 3 rings (SSSR count). The Balaban J connectivity index is 2.59. The summed E-state index contributed by atoms with van der Waals surface area (Å²) in [5, 5.41) is 2.47. The predicted molar refractivity (Wildman–Crippen MR) is 64.6 cm³/mol. The first-order chi connectivity index (χ1) is 7.40. The van der Waals surface area contributed by atoms with Crippen LogP contribution in [0.5, 0.6) is 0 Å². The van der Waals surface area contributed by atoms with E-state index in [-0.39, 0.29) is 0 Å². The van der Waals surface area contributed by atoms with Crippen LogP contribution in [0.4, 0.5) is 0 Å². The highest BCUT2D eigenvalue weighted by molar-refractivity contribution is 6.09. The number of nitrogens with one attached hydrogen (secondary N) is 1. The molecule has 0 saturated carbocycles. The first-order valence-electron chi connectivity index (χ1n) is 4.94. The van der Waals surface area contributed by atoms with Gasteiger partial charge >= 0.3 is 0 Å². The smallest absolute Gasteiger partial charge is 0.0538 e. The van der Waals surface area contributed by atoms with Crippen LogP contribution in [0.1, 0.15) is 5.56 Å². The van der Waals surface area contributed by atoms with E-state index in [0.717, 1.165) is 16.6 Å². The molecule has 71 valence electrons. The molecule has 0 saturated heterocycles. The summed E-state index contributed by atoms with van der Waals surface area (Å²) in [5.41, 5.74) is 3.31. The molecular formula is C14H10N. The number of H-pyrrole nitrogens is 1. The number of rotatable bonds is 1. The van der Waals surface area contributed by atoms with Gasteiger partial charge in [-0.2, -0.15) is 0 Å². The molecule has 0 fully saturated rings. The van der Waals surface area contributed by atoms with Gasteiger partial charge in [0.1, 0.15) is 0 Å². The summed E-state index contributed by atoms with van der Waals surface area (Å²) in [6, 6.07) is 14.4. The van der Waals surface area contributed by atoms with Crippen molar-refractivity contribution in [1.82, 2.24) is 4.98 Å². The third-order valence-electron chi connectivity index (χ3n) is 2.75. The van der Waals surface area contributed by atoms with Gasteiger partial charge in [-0.15, -0.1) is 0 Å². The van der Waals surface area contributed by atoms with E-state index in [2.05, 4.69) is 29.2 Å². The molecule has 0 unspecified atom stereocenters. The van der Waals surface area contributed by atoms with Gasteiger partial charge in [-0.1, -0.05) is 49.1 Å². The Labute approximate surface area is 88.0 Å². The highest BCUT2D eigenvalue weighted by atomic mass is 14.7. The van der Waals surface area contributed by atoms with Crippen molar-refractivity contribution in [3.63, 3.8) is 0 Å². The van der Waals surface area contributed by atoms with Gasteiger partial charge in [0, 0.05) is 16.3 Å². The molecule has 1 nitrogen and oxygen atoms in total. The lowest BCUT2D eigenvalue weighted by Crippen LogP contribution is -1.74. The SMILES string of the molecule is [CH]=Cc1cccc2c1[nH]c1ccccc12. The van der Waals surface area contributed by atoms with Gasteiger partial charge in [-0.3, -0.25) is 0 Å². The summed E-state index contributed by atoms with van der Waals surface area (Å²) < 4.78 is 0. The van der Waals surface area contributed by atoms with Gasteiger partial charge in [0.25, 0.3) is 0 Å². The molecule has 3 aromatic rings. The maximum atomic E-state index is 5.59. The molecule has 0 atom stereocenters. The van der Waals surface area contributed by atoms with Crippen LogP contribution < -0.4 is 0 Å². The van der Waals surface area contributed by atoms with E-state index in [9.17, 15) is 0 Å². The quantitative estimate of drug-likeness (QED) is 0.604. The zero-order chi connectivity index (χ0) is 10.3. The first kappa shape index (κ1) is 8.30. The van der Waals surface area contributed by atoms with Crippen molar-refractivity contribution in [2.75, 3.05) is 0 Å². The van der Waals surface area contributed by atoms with Crippen molar-refractivity contribution in [2.24, 2.45) is 0 Å². The van der Waals surface area contributed by atoms with Crippen molar-refractivity contribution in [3.8, 4) is 0 Å². The Morgan fingerprint density at radius 2 is 1.73 bits per heavy atom. The maximum Gasteiger partial charge on any atom is 0.0538 e. The number of fused-ring (bicyclic) bond motifs is 3. The Hall–Kier alpha value is -2.02. The fourth-order valence-electron chi connectivity index (χ4n) is 2.03. The van der Waals surface area contributed by atoms with Gasteiger partial charge in [0.15, 0.2) is 0 Å². The number of benzene rings is 2. The van der Waals surface area contributed by atoms with Crippen LogP contribution in [0.3, 0.4) is 0 Å². The minimum absolute atomic E-state index is 1.05. The van der Waals surface area contributed by atoms with Crippen molar-refractivity contribution in [3.05, 3.63) is 54.6 Å². The molecule has 1 N–H and O–H groups in total. The van der Waals surface area contributed by atoms with Crippen molar-refractivity contribution in [1.29, 1.82) is 0 Å². The standard InChI is InChI=1S/C14H10N/c1-2-10-6-5-8-12-11-7-3-4-9-13(11)15-14(10)12/h1-9,15H. The van der Waals surface area contributed by atoms with E-state index in [4.69, 9.17) is 6.58 Å². The van der Waals surface area contributed by atoms with E-state index < -0.39 is 0 Å². The van der Waals surface area contributed by atoms with Gasteiger partial charge in [-0.05, 0) is 11.6 Å². The summed E-state index contributed by atoms with van der Waals surface area (Å²) in [6.45, 7) is 5.59. The van der Waals surface area contributed by atoms with Gasteiger partial charge < -0.3 is 4.98 Å². The largest absolute Gasteiger partial charge is 0.354 e. The lowest BCUT2D eigenvalue weighted by atomic mass is 10.1. The Bertz CT molecular complexity index is 647. The van der Waals surface area contributed by atoms with Gasteiger partial charge in [0.05, 0.1) is 5.52 Å². The topological polar surface area (TPSA) is 15.8 Å². The van der Waals surface area contributed by atoms with Crippen LogP contribution in [-0.4, -0.2) is 4.98 Å². The average molecular weight is 192 g/mol. The highest BCUT2D eigenvalue weighted by Gasteiger charge is 2.04. The lowest BCUT2D eigenvalue weighted by molar-refractivity contribution is 1.53. The highest BCUT2D eigenvalue weighted by Crippen LogP contribution is 2.27. The second-order valence-electron chi connectivity index (χ2n) is 3.61. The molecule has 0 aliphatic heterocycles. The van der Waals surface area contributed by atoms with Crippen LogP contribution in [0.2, 0.25) is 0 Å². The Morgan fingerprint density at radius 1 is 0.933 bits per heavy atom. The summed E-state index contributed by atoms with van der Waals surface area (Å²) >= 11 is 0. The average Bonchev–Trinajstić information content (AvgIpc) is 2.67. The number of aromatic nitrogens is 1. The van der Waals surface area contributed by atoms with E-state index in [1.165, 1.54) is 10.8 Å². The molecule has 0 aliphatic rings. The van der Waals surface area contributed by atoms with Gasteiger partial charge in [-0.25, -0.2) is 0 Å². The monoisotopic (exact) mass is 192 g/mol. The molecule has 1 radical (unpaired) electrons. The summed E-state index contributed by atoms with van der Waals surface area (Å²) in [5.74, 6) is 0. The Kier molecular flexibility index (Phi) is 1.65. The van der Waals surface area contributed by atoms with Crippen LogP contribution >= 0.6 is 0 Å². The molecule has 15 heavy (non-hydrogen) atoms. The van der Waals surface area contributed by atoms with Gasteiger partial charge in [0.2, 0.25) is 0 Å². The van der Waals surface area contributed by atoms with Crippen LogP contribution in [0.25, 0.3) is 27.9 Å². The third-order valence-corrected chi connectivity index (χ3v) is 2.75. The van der Waals surface area contributed by atoms with E-state index in [0.29, 0.717) is 0 Å². The van der Waals surface area contributed by atoms with E-state index >= 15 is 0 Å². The van der Waals surface area contributed by atoms with Crippen molar-refractivity contribution in [2.45, 2.75) is 0 Å². The lowest BCUT2D eigenvalue weighted by Gasteiger charge is -1.94. The number of para-hydroxylation sites is 2. The Morgan fingerprint density at radius 3 is 2.60 bits per heavy atom. The predicted octanol–water partition coefficient (Wildman–Crippen LogP) is 3.77. The number of aromatic amines is 1. The number of hydrogen-bond acceptors (Lipinski definition) is 0. The number of hydrogen-bond donors (Lipinski definition) is 1. The molecule has 0 spiro atoms. The minimum atomic E-state index is 1.05. The summed E-state index contributed by atoms with van der Waals surface area (Å²) in [4.78, 5) is 3.39. The molecule has 0 aliphatic carbocycles. The molecule has 1 heteroatoms. The normalized spacial score (nSPS) is 10.9. The second-order valence-corrected chi connectivity index (χ2v) is 3.61. The molecule has 0 amide bonds. The molecule has 0 bridgehead atoms. The van der Waals surface area contributed by atoms with Crippen molar-refractivity contribution >= 4 is 27.9 Å². The van der Waals surface area contributed by atoms with E-state index in [1.54, 1.807) is 6.08 Å². The van der Waals surface area contributed by atoms with E-state index in [1.807, 2.05) is 18.2 Å². The third kappa shape index (κ3) is 1.10. The minimum Gasteiger partial charge on any atom is -0.354 e. The maximum absolute atomic E-state index is 5.59. The summed E-state index contributed by atoms with van der Waals surface area (Å²) in [6.07, 6.45) is 1.64. The molecule has 2 aromatic carbocycles. The van der Waals surface area contributed by atoms with Crippen LogP contribution in [0.15, 0.2) is 42.5 Å².